The summed E-state index contributed by atoms with van der Waals surface area (Å²) < 4.78 is 28.2. The van der Waals surface area contributed by atoms with Crippen molar-refractivity contribution in [2.75, 3.05) is 10.8 Å². The van der Waals surface area contributed by atoms with Crippen molar-refractivity contribution >= 4 is 21.6 Å². The predicted molar refractivity (Wildman–Crippen MR) is 129 cm³/mol. The fourth-order valence-electron chi connectivity index (χ4n) is 3.53. The summed E-state index contributed by atoms with van der Waals surface area (Å²) in [7, 11) is -3.92. The average Bonchev–Trinajstić information content (AvgIpc) is 2.76. The van der Waals surface area contributed by atoms with Crippen LogP contribution in [0, 0.1) is 20.8 Å². The number of nitrogens with zero attached hydrogens (tertiary/aromatic N) is 1. The second kappa shape index (κ2) is 10.0. The summed E-state index contributed by atoms with van der Waals surface area (Å²) in [6, 6.07) is 21.6. The molecule has 32 heavy (non-hydrogen) atoms. The van der Waals surface area contributed by atoms with Crippen LogP contribution in [-0.4, -0.2) is 20.9 Å². The molecule has 168 valence electrons. The number of amides is 1. The Morgan fingerprint density at radius 2 is 1.47 bits per heavy atom. The molecule has 0 fully saturated rings. The Labute approximate surface area is 191 Å². The van der Waals surface area contributed by atoms with Gasteiger partial charge in [0.1, 0.15) is 6.54 Å². The Hall–Kier alpha value is -3.12. The molecule has 1 atom stereocenters. The van der Waals surface area contributed by atoms with Gasteiger partial charge in [-0.2, -0.15) is 0 Å². The number of hydrogen-bond acceptors (Lipinski definition) is 3. The van der Waals surface area contributed by atoms with Gasteiger partial charge in [-0.1, -0.05) is 66.6 Å². The molecule has 0 aliphatic heterocycles. The molecule has 0 aliphatic rings. The van der Waals surface area contributed by atoms with Gasteiger partial charge < -0.3 is 5.32 Å². The van der Waals surface area contributed by atoms with Gasteiger partial charge in [0.05, 0.1) is 16.6 Å². The van der Waals surface area contributed by atoms with Crippen molar-refractivity contribution < 1.29 is 13.2 Å². The molecule has 1 amide bonds. The van der Waals surface area contributed by atoms with Crippen LogP contribution in [0.4, 0.5) is 5.69 Å². The Bertz CT molecular complexity index is 1170. The number of aryl methyl sites for hydroxylation is 3. The van der Waals surface area contributed by atoms with E-state index in [1.54, 1.807) is 42.5 Å². The molecule has 6 heteroatoms. The molecule has 3 rings (SSSR count). The first-order valence-electron chi connectivity index (χ1n) is 10.7. The SMILES string of the molecule is CCC(NC(=O)CN(c1cccc(C)c1)S(=O)(=O)c1ccc(C)cc1)c1ccc(C)cc1. The molecular weight excluding hydrogens is 420 g/mol. The predicted octanol–water partition coefficient (Wildman–Crippen LogP) is 5.07. The first-order valence-corrected chi connectivity index (χ1v) is 12.2. The molecule has 3 aromatic rings. The van der Waals surface area contributed by atoms with Crippen molar-refractivity contribution in [3.8, 4) is 0 Å². The third kappa shape index (κ3) is 5.56. The maximum atomic E-state index is 13.5. The molecule has 0 heterocycles. The minimum absolute atomic E-state index is 0.156. The van der Waals surface area contributed by atoms with E-state index in [0.29, 0.717) is 12.1 Å². The Morgan fingerprint density at radius 1 is 0.875 bits per heavy atom. The maximum absolute atomic E-state index is 13.5. The van der Waals surface area contributed by atoms with Crippen LogP contribution < -0.4 is 9.62 Å². The van der Waals surface area contributed by atoms with E-state index < -0.39 is 10.0 Å². The molecule has 0 saturated heterocycles. The number of rotatable bonds is 8. The van der Waals surface area contributed by atoms with E-state index >= 15 is 0 Å². The molecular formula is C26H30N2O3S. The van der Waals surface area contributed by atoms with Gasteiger partial charge in [0.2, 0.25) is 5.91 Å². The van der Waals surface area contributed by atoms with Crippen molar-refractivity contribution in [1.82, 2.24) is 5.32 Å². The van der Waals surface area contributed by atoms with Crippen LogP contribution in [-0.2, 0) is 14.8 Å². The number of sulfonamides is 1. The monoisotopic (exact) mass is 450 g/mol. The summed E-state index contributed by atoms with van der Waals surface area (Å²) in [5, 5.41) is 3.00. The van der Waals surface area contributed by atoms with Crippen molar-refractivity contribution in [2.45, 2.75) is 45.1 Å². The highest BCUT2D eigenvalue weighted by molar-refractivity contribution is 7.92. The summed E-state index contributed by atoms with van der Waals surface area (Å²) in [4.78, 5) is 13.2. The second-order valence-electron chi connectivity index (χ2n) is 8.10. The molecule has 1 N–H and O–H groups in total. The van der Waals surface area contributed by atoms with Crippen molar-refractivity contribution in [3.63, 3.8) is 0 Å². The molecule has 5 nitrogen and oxygen atoms in total. The minimum Gasteiger partial charge on any atom is -0.348 e. The zero-order chi connectivity index (χ0) is 23.3. The summed E-state index contributed by atoms with van der Waals surface area (Å²) in [5.41, 5.74) is 4.48. The Balaban J connectivity index is 1.91. The summed E-state index contributed by atoms with van der Waals surface area (Å²) >= 11 is 0. The number of anilines is 1. The average molecular weight is 451 g/mol. The van der Waals surface area contributed by atoms with Crippen molar-refractivity contribution in [3.05, 3.63) is 95.1 Å². The summed E-state index contributed by atoms with van der Waals surface area (Å²) in [6.07, 6.45) is 0.698. The molecule has 0 radical (unpaired) electrons. The van der Waals surface area contributed by atoms with E-state index in [1.807, 2.05) is 58.0 Å². The number of hydrogen-bond donors (Lipinski definition) is 1. The van der Waals surface area contributed by atoms with Gasteiger partial charge in [0.25, 0.3) is 10.0 Å². The highest BCUT2D eigenvalue weighted by atomic mass is 32.2. The van der Waals surface area contributed by atoms with Gasteiger partial charge in [-0.3, -0.25) is 9.10 Å². The maximum Gasteiger partial charge on any atom is 0.264 e. The molecule has 3 aromatic carbocycles. The lowest BCUT2D eigenvalue weighted by Crippen LogP contribution is -2.42. The van der Waals surface area contributed by atoms with Crippen LogP contribution in [0.2, 0.25) is 0 Å². The number of carbonyl (C=O) groups excluding carboxylic acids is 1. The fourth-order valence-corrected chi connectivity index (χ4v) is 4.94. The highest BCUT2D eigenvalue weighted by Crippen LogP contribution is 2.25. The Kier molecular flexibility index (Phi) is 7.36. The van der Waals surface area contributed by atoms with Crippen LogP contribution in [0.15, 0.2) is 77.7 Å². The first-order chi connectivity index (χ1) is 15.2. The molecule has 0 aromatic heterocycles. The van der Waals surface area contributed by atoms with Crippen LogP contribution in [0.3, 0.4) is 0 Å². The normalized spacial score (nSPS) is 12.2. The van der Waals surface area contributed by atoms with Gasteiger partial charge in [0.15, 0.2) is 0 Å². The van der Waals surface area contributed by atoms with Gasteiger partial charge in [-0.15, -0.1) is 0 Å². The molecule has 0 bridgehead atoms. The topological polar surface area (TPSA) is 66.5 Å². The van der Waals surface area contributed by atoms with E-state index in [9.17, 15) is 13.2 Å². The zero-order valence-corrected chi connectivity index (χ0v) is 19.8. The van der Waals surface area contributed by atoms with E-state index in [4.69, 9.17) is 0 Å². The van der Waals surface area contributed by atoms with Gasteiger partial charge in [-0.25, -0.2) is 8.42 Å². The van der Waals surface area contributed by atoms with E-state index in [-0.39, 0.29) is 23.4 Å². The third-order valence-corrected chi connectivity index (χ3v) is 7.20. The Morgan fingerprint density at radius 3 is 2.03 bits per heavy atom. The van der Waals surface area contributed by atoms with Crippen LogP contribution in [0.5, 0.6) is 0 Å². The molecule has 1 unspecified atom stereocenters. The lowest BCUT2D eigenvalue weighted by atomic mass is 10.0. The van der Waals surface area contributed by atoms with Crippen LogP contribution in [0.25, 0.3) is 0 Å². The highest BCUT2D eigenvalue weighted by Gasteiger charge is 2.28. The zero-order valence-electron chi connectivity index (χ0n) is 19.0. The standard InChI is InChI=1S/C26H30N2O3S/c1-5-25(22-13-9-19(2)10-14-22)27-26(29)18-28(23-8-6-7-21(4)17-23)32(30,31)24-15-11-20(3)12-16-24/h6-17,25H,5,18H2,1-4H3,(H,27,29). The number of benzene rings is 3. The minimum atomic E-state index is -3.92. The van der Waals surface area contributed by atoms with E-state index in [0.717, 1.165) is 22.3 Å². The quantitative estimate of drug-likeness (QED) is 0.521. The lowest BCUT2D eigenvalue weighted by Gasteiger charge is -2.26. The number of nitrogens with one attached hydrogen (secondary N) is 1. The largest absolute Gasteiger partial charge is 0.348 e. The van der Waals surface area contributed by atoms with E-state index in [2.05, 4.69) is 5.32 Å². The summed E-state index contributed by atoms with van der Waals surface area (Å²) in [6.45, 7) is 7.50. The summed E-state index contributed by atoms with van der Waals surface area (Å²) in [5.74, 6) is -0.352. The van der Waals surface area contributed by atoms with E-state index in [1.165, 1.54) is 4.31 Å². The van der Waals surface area contributed by atoms with Gasteiger partial charge in [0, 0.05) is 0 Å². The molecule has 0 saturated carbocycles. The molecule has 0 aliphatic carbocycles. The first kappa shape index (κ1) is 23.5. The van der Waals surface area contributed by atoms with Gasteiger partial charge in [-0.05, 0) is 62.6 Å². The smallest absolute Gasteiger partial charge is 0.264 e. The van der Waals surface area contributed by atoms with Gasteiger partial charge >= 0.3 is 0 Å². The van der Waals surface area contributed by atoms with Crippen LogP contribution in [0.1, 0.15) is 41.6 Å². The van der Waals surface area contributed by atoms with Crippen molar-refractivity contribution in [1.29, 1.82) is 0 Å². The van der Waals surface area contributed by atoms with Crippen molar-refractivity contribution in [2.24, 2.45) is 0 Å². The molecule has 0 spiro atoms. The third-order valence-electron chi connectivity index (χ3n) is 5.41. The number of carbonyl (C=O) groups is 1. The second-order valence-corrected chi connectivity index (χ2v) is 9.97. The lowest BCUT2D eigenvalue weighted by molar-refractivity contribution is -0.120. The van der Waals surface area contributed by atoms with Crippen LogP contribution >= 0.6 is 0 Å². The fraction of sp³-hybridized carbons (Fsp3) is 0.269.